The number of carbonyl (C=O) groups excluding carboxylic acids is 9. The molecule has 1 unspecified atom stereocenters. The smallest absolute Gasteiger partial charge is 0.248 e. The second-order valence-corrected chi connectivity index (χ2v) is 38.7. The number of nitrogens with one attached hydrogen (secondary N) is 5. The van der Waals surface area contributed by atoms with Crippen LogP contribution in [0.15, 0.2) is 65.3 Å². The third-order valence-electron chi connectivity index (χ3n) is 13.2. The number of nitrogens with zero attached hydrogens (tertiary/aromatic N) is 2. The van der Waals surface area contributed by atoms with Gasteiger partial charge >= 0.3 is 0 Å². The van der Waals surface area contributed by atoms with Crippen molar-refractivity contribution in [2.45, 2.75) is 267 Å². The second-order valence-electron chi connectivity index (χ2n) is 35.1. The van der Waals surface area contributed by atoms with E-state index in [2.05, 4.69) is 38.7 Å². The summed E-state index contributed by atoms with van der Waals surface area (Å²) >= 11 is 5.28. The lowest BCUT2D eigenvalue weighted by molar-refractivity contribution is -0.137. The number of ether oxygens (including phenoxy) is 1. The van der Waals surface area contributed by atoms with Crippen molar-refractivity contribution in [2.75, 3.05) is 40.7 Å². The van der Waals surface area contributed by atoms with E-state index in [9.17, 15) is 56.7 Å². The molecule has 1 aliphatic rings. The number of epoxide rings is 1. The Hall–Kier alpha value is -6.73. The molecule has 2 heterocycles. The van der Waals surface area contributed by atoms with Gasteiger partial charge < -0.3 is 52.8 Å². The maximum Gasteiger partial charge on any atom is 0.248 e. The molecule has 0 aliphatic carbocycles. The maximum absolute atomic E-state index is 11.6. The van der Waals surface area contributed by atoms with E-state index < -0.39 is 31.0 Å². The minimum absolute atomic E-state index is 0. The summed E-state index contributed by atoms with van der Waals surface area (Å²) in [6, 6.07) is 13.9. The summed E-state index contributed by atoms with van der Waals surface area (Å²) in [5, 5.41) is 55.6. The SMILES string of the molecule is C.CC(=O)C(C)(C)C.CC(C)(C)/C(N)=N/O.CC(C)(C)C(=O)C1CO1.CC(C)(C)C(=O)CO.CC(C)(C)C(=O)CS.CC(C)(C)C(=O)NO.CC(C)(C)C(=O)Nc1ccccc1N.CC(C)(C)C(=O)Nc1ccccc1O.CC(C)(C)C(=O)Nc1nccs1.CC(C)(C)S(=O)(=O)NO.CCC(=O)C(C)(C)C. The molecule has 29 heteroatoms. The molecule has 0 bridgehead atoms. The van der Waals surface area contributed by atoms with Gasteiger partial charge in [-0.05, 0) is 52.0 Å². The van der Waals surface area contributed by atoms with Crippen LogP contribution < -0.4 is 37.8 Å². The number of amides is 4. The van der Waals surface area contributed by atoms with Gasteiger partial charge in [-0.15, -0.1) is 11.3 Å². The Morgan fingerprint density at radius 2 is 0.906 bits per heavy atom. The van der Waals surface area contributed by atoms with Crippen molar-refractivity contribution in [1.29, 1.82) is 0 Å². The number of hydrogen-bond donors (Lipinski definition) is 13. The number of oxime groups is 1. The summed E-state index contributed by atoms with van der Waals surface area (Å²) in [5.41, 5.74) is 11.2. The van der Waals surface area contributed by atoms with E-state index in [1.54, 1.807) is 90.5 Å². The van der Waals surface area contributed by atoms with Gasteiger partial charge in [-0.2, -0.15) is 12.6 Å². The monoisotopic (exact) mass is 1560 g/mol. The fourth-order valence-electron chi connectivity index (χ4n) is 4.52. The lowest BCUT2D eigenvalue weighted by Crippen LogP contribution is -2.37. The van der Waals surface area contributed by atoms with Gasteiger partial charge in [0, 0.05) is 77.9 Å². The highest BCUT2D eigenvalue weighted by molar-refractivity contribution is 7.90. The van der Waals surface area contributed by atoms with Crippen LogP contribution in [0.1, 0.15) is 256 Å². The number of aliphatic hydroxyl groups excluding tert-OH is 1. The van der Waals surface area contributed by atoms with Crippen LogP contribution in [0.5, 0.6) is 5.75 Å². The first-order valence-corrected chi connectivity index (χ1v) is 37.0. The summed E-state index contributed by atoms with van der Waals surface area (Å²) in [6.07, 6.45) is 2.25. The highest BCUT2D eigenvalue weighted by Crippen LogP contribution is 2.27. The number of aliphatic hydroxyl groups is 1. The molecule has 0 spiro atoms. The molecule has 616 valence electrons. The van der Waals surface area contributed by atoms with E-state index in [-0.39, 0.29) is 116 Å². The van der Waals surface area contributed by atoms with E-state index in [0.29, 0.717) is 46.8 Å². The van der Waals surface area contributed by atoms with Crippen molar-refractivity contribution >= 4 is 115 Å². The van der Waals surface area contributed by atoms with Crippen molar-refractivity contribution < 1.29 is 82.1 Å². The summed E-state index contributed by atoms with van der Waals surface area (Å²) in [5.74, 6) is 1.07. The number of phenols is 1. The number of amidine groups is 1. The van der Waals surface area contributed by atoms with Crippen LogP contribution in [0.25, 0.3) is 0 Å². The highest BCUT2D eigenvalue weighted by atomic mass is 32.2. The molecule has 0 radical (unpaired) electrons. The largest absolute Gasteiger partial charge is 0.506 e. The van der Waals surface area contributed by atoms with Crippen LogP contribution in [0.2, 0.25) is 0 Å². The Labute approximate surface area is 647 Å². The molecule has 1 aliphatic heterocycles. The molecule has 2 aromatic carbocycles. The zero-order chi connectivity index (χ0) is 85.5. The average Bonchev–Trinajstić information content (AvgIpc) is 1.52. The van der Waals surface area contributed by atoms with Crippen molar-refractivity contribution in [3.05, 3.63) is 60.1 Å². The standard InChI is InChI=1S/C11H16N2O.C11H15NO2.C8H12N2OS.C7H12O2.C7H14O.C6H12O2.C6H12OS.C6H12O.C5H12N2O.C5H11NO2.C4H11NO3S.CH4/c1-11(2,3)10(14)13-9-7-5-4-6-8(9)12;1-11(2,3)10(14)12-8-6-4-5-7-9(8)13;1-8(2,3)6(11)10-7-9-4-5-12-7;1-7(2,3)6(8)5-4-9-5;1-5-6(8)7(2,3)4;1-6(2,3)5(8)4-7;1-6(2,3)5(7)4-8;1-5(7)6(2,3)4;1-5(2,3)4(6)7-8;1-5(2,3)4(7)6-8;1-4(2,3)9(7,8)5-6;/h4-7H,12H2,1-3H3,(H,13,14);4-7,13H,1-3H3,(H,12,14);4-5H,1-3H3,(H,9,10,11);5H,4H2,1-3H3;5H2,1-4H3;7H,4H2,1-3H3;8H,4H2,1-3H3;1-4H3;8H,1-3H3,(H2,6,7);8H,1-3H3,(H,6,7);5-6H,1-3H3;1H4. The third-order valence-corrected chi connectivity index (χ3v) is 16.0. The second kappa shape index (κ2) is 50.1. The number of hydrogen-bond acceptors (Lipinski definition) is 22. The molecule has 106 heavy (non-hydrogen) atoms. The molecule has 4 amide bonds. The maximum atomic E-state index is 11.6. The molecular weight excluding hydrogens is 1420 g/mol. The lowest BCUT2D eigenvalue weighted by atomic mass is 9.89. The molecule has 1 saturated heterocycles. The van der Waals surface area contributed by atoms with Crippen LogP contribution >= 0.6 is 24.0 Å². The predicted octanol–water partition coefficient (Wildman–Crippen LogP) is 15.6. The number of sulfonamides is 1. The number of aromatic nitrogens is 1. The van der Waals surface area contributed by atoms with Gasteiger partial charge in [0.1, 0.15) is 41.6 Å². The van der Waals surface area contributed by atoms with Crippen LogP contribution in [0.4, 0.5) is 22.2 Å². The number of benzene rings is 2. The van der Waals surface area contributed by atoms with Crippen molar-refractivity contribution in [2.24, 2.45) is 65.0 Å². The molecule has 1 atom stereocenters. The van der Waals surface area contributed by atoms with E-state index in [4.69, 9.17) is 36.9 Å². The quantitative estimate of drug-likeness (QED) is 0.0115. The summed E-state index contributed by atoms with van der Waals surface area (Å²) in [6.45, 7) is 64.1. The van der Waals surface area contributed by atoms with Gasteiger partial charge in [-0.25, -0.2) is 18.9 Å². The zero-order valence-corrected chi connectivity index (χ0v) is 72.7. The van der Waals surface area contributed by atoms with Gasteiger partial charge in [0.15, 0.2) is 16.7 Å². The van der Waals surface area contributed by atoms with Gasteiger partial charge in [-0.3, -0.25) is 48.4 Å². The highest BCUT2D eigenvalue weighted by Gasteiger charge is 2.38. The first-order chi connectivity index (χ1) is 46.5. The van der Waals surface area contributed by atoms with E-state index in [0.717, 1.165) is 0 Å². The summed E-state index contributed by atoms with van der Waals surface area (Å²) in [4.78, 5) is 104. The number of thiol groups is 1. The number of nitrogens with two attached hydrogens (primary N) is 2. The number of thiazole rings is 1. The molecular formula is C77H143N9O17S3. The number of aromatic hydroxyl groups is 1. The molecule has 1 aromatic heterocycles. The van der Waals surface area contributed by atoms with E-state index >= 15 is 0 Å². The van der Waals surface area contributed by atoms with E-state index in [1.807, 2.05) is 191 Å². The van der Waals surface area contributed by atoms with Crippen molar-refractivity contribution in [3.8, 4) is 5.75 Å². The van der Waals surface area contributed by atoms with Gasteiger partial charge in [0.05, 0.1) is 28.4 Å². The molecule has 3 aromatic rings. The number of hydroxylamine groups is 1. The molecule has 4 rings (SSSR count). The molecule has 26 nitrogen and oxygen atoms in total. The predicted molar refractivity (Wildman–Crippen MR) is 437 cm³/mol. The Balaban J connectivity index is -0.000000167. The van der Waals surface area contributed by atoms with Crippen molar-refractivity contribution in [3.63, 3.8) is 0 Å². The number of rotatable bonds is 8. The topological polar surface area (TPSA) is 439 Å². The van der Waals surface area contributed by atoms with Crippen LogP contribution in [0, 0.1) is 54.1 Å². The first kappa shape index (κ1) is 115. The average molecular weight is 1560 g/mol. The summed E-state index contributed by atoms with van der Waals surface area (Å²) in [7, 11) is -3.53. The number of para-hydroxylation sites is 4. The van der Waals surface area contributed by atoms with Crippen LogP contribution in [-0.2, 0) is 57.9 Å². The van der Waals surface area contributed by atoms with Gasteiger partial charge in [0.2, 0.25) is 33.7 Å². The molecule has 14 N–H and O–H groups in total. The lowest BCUT2D eigenvalue weighted by Gasteiger charge is -2.18. The minimum atomic E-state index is -3.53. The molecule has 0 saturated carbocycles. The van der Waals surface area contributed by atoms with Crippen LogP contribution in [0.3, 0.4) is 0 Å². The van der Waals surface area contributed by atoms with Crippen molar-refractivity contribution in [1.82, 2.24) is 15.3 Å². The first-order valence-electron chi connectivity index (χ1n) is 34.0. The number of carbonyl (C=O) groups is 9. The van der Waals surface area contributed by atoms with Gasteiger partial charge in [-0.1, -0.05) is 256 Å². The Kier molecular flexibility index (Phi) is 54.4. The fraction of sp³-hybridized carbons (Fsp3) is 0.675. The van der Waals surface area contributed by atoms with E-state index in [1.165, 1.54) is 43.1 Å². The number of phenolic OH excluding ortho intramolecular Hbond substituents is 1. The molecule has 1 fully saturated rings. The normalized spacial score (nSPS) is 12.8. The third kappa shape index (κ3) is 59.3. The van der Waals surface area contributed by atoms with Crippen LogP contribution in [-0.4, -0.2) is 127 Å². The Bertz CT molecular complexity index is 3060. The summed E-state index contributed by atoms with van der Waals surface area (Å²) < 4.78 is 25.2. The fourth-order valence-corrected chi connectivity index (χ4v) is 5.79. The number of ketones is 5. The Morgan fingerprint density at radius 1 is 0.557 bits per heavy atom. The number of anilines is 4. The number of nitrogen functional groups attached to an aromatic ring is 1. The zero-order valence-electron chi connectivity index (χ0n) is 70.1. The minimum Gasteiger partial charge on any atom is -0.506 e. The van der Waals surface area contributed by atoms with Gasteiger partial charge in [0.25, 0.3) is 0 Å². The number of Topliss-reactive ketones (excluding diaryl/α,β-unsaturated/α-hetero) is 5. The Morgan fingerprint density at radius 3 is 1.08 bits per heavy atom.